The number of methoxy groups -OCH3 is 1. The number of barbiturate groups is 1. The van der Waals surface area contributed by atoms with Crippen LogP contribution in [0, 0.1) is 13.8 Å². The number of ether oxygens (including phenoxy) is 3. The molecule has 1 fully saturated rings. The largest absolute Gasteiger partial charge is 0.497 e. The van der Waals surface area contributed by atoms with Crippen LogP contribution in [-0.2, 0) is 22.8 Å². The smallest absolute Gasteiger partial charge is 0.335 e. The summed E-state index contributed by atoms with van der Waals surface area (Å²) < 4.78 is 17.3. The maximum Gasteiger partial charge on any atom is 0.335 e. The summed E-state index contributed by atoms with van der Waals surface area (Å²) in [6.45, 7) is 4.51. The molecule has 4 amide bonds. The number of benzene rings is 4. The van der Waals surface area contributed by atoms with Gasteiger partial charge in [-0.05, 0) is 85.1 Å². The fraction of sp³-hybridized carbons (Fsp3) is 0.147. The standard InChI is InChI=1S/C34H28Cl2N2O6/c1-20-4-5-22(14-21(20)2)18-44-31-17-28(42-3)11-7-23(31)15-29-32(39)37-34(41)38(33(29)40)26-9-12-27(13-10-26)43-19-24-6-8-25(35)16-30(24)36/h4-17H,18-19H2,1-3H3,(H,37,39,41)/b29-15+. The Labute approximate surface area is 264 Å². The molecule has 1 heterocycles. The number of imide groups is 2. The summed E-state index contributed by atoms with van der Waals surface area (Å²) in [7, 11) is 1.53. The second-order valence-electron chi connectivity index (χ2n) is 10.1. The highest BCUT2D eigenvalue weighted by atomic mass is 35.5. The van der Waals surface area contributed by atoms with Crippen molar-refractivity contribution in [1.29, 1.82) is 0 Å². The van der Waals surface area contributed by atoms with Gasteiger partial charge in [0.25, 0.3) is 11.8 Å². The molecule has 0 aliphatic carbocycles. The Balaban J connectivity index is 1.36. The SMILES string of the molecule is COc1ccc(/C=C2\C(=O)NC(=O)N(c3ccc(OCc4ccc(Cl)cc4Cl)cc3)C2=O)c(OCc2ccc(C)c(C)c2)c1. The highest BCUT2D eigenvalue weighted by molar-refractivity contribution is 6.39. The van der Waals surface area contributed by atoms with Crippen LogP contribution >= 0.6 is 23.2 Å². The van der Waals surface area contributed by atoms with Gasteiger partial charge in [-0.3, -0.25) is 14.9 Å². The average molecular weight is 632 g/mol. The normalized spacial score (nSPS) is 14.1. The lowest BCUT2D eigenvalue weighted by Gasteiger charge is -2.26. The van der Waals surface area contributed by atoms with E-state index in [-0.39, 0.29) is 24.5 Å². The molecule has 0 spiro atoms. The average Bonchev–Trinajstić information content (AvgIpc) is 3.00. The van der Waals surface area contributed by atoms with Gasteiger partial charge in [0.05, 0.1) is 12.8 Å². The maximum atomic E-state index is 13.5. The maximum absolute atomic E-state index is 13.5. The Kier molecular flexibility index (Phi) is 9.23. The van der Waals surface area contributed by atoms with Crippen LogP contribution in [0.2, 0.25) is 10.0 Å². The predicted molar refractivity (Wildman–Crippen MR) is 169 cm³/mol. The first-order valence-corrected chi connectivity index (χ1v) is 14.3. The number of urea groups is 1. The van der Waals surface area contributed by atoms with Crippen LogP contribution in [0.4, 0.5) is 10.5 Å². The number of hydrogen-bond acceptors (Lipinski definition) is 6. The molecule has 0 bridgehead atoms. The van der Waals surface area contributed by atoms with Gasteiger partial charge in [-0.25, -0.2) is 9.69 Å². The van der Waals surface area contributed by atoms with Crippen molar-refractivity contribution >= 4 is 52.8 Å². The number of hydrogen-bond donors (Lipinski definition) is 1. The van der Waals surface area contributed by atoms with Gasteiger partial charge in [-0.1, -0.05) is 47.5 Å². The lowest BCUT2D eigenvalue weighted by atomic mass is 10.1. The molecule has 8 nitrogen and oxygen atoms in total. The summed E-state index contributed by atoms with van der Waals surface area (Å²) in [6.07, 6.45) is 1.40. The first kappa shape index (κ1) is 30.7. The Hall–Kier alpha value is -4.79. The van der Waals surface area contributed by atoms with Crippen molar-refractivity contribution in [3.63, 3.8) is 0 Å². The van der Waals surface area contributed by atoms with E-state index in [1.54, 1.807) is 60.7 Å². The molecule has 4 aromatic rings. The number of rotatable bonds is 9. The zero-order valence-corrected chi connectivity index (χ0v) is 25.7. The van der Waals surface area contributed by atoms with Crippen LogP contribution in [0.25, 0.3) is 6.08 Å². The van der Waals surface area contributed by atoms with Crippen molar-refractivity contribution < 1.29 is 28.6 Å². The van der Waals surface area contributed by atoms with Crippen molar-refractivity contribution in [3.8, 4) is 17.2 Å². The number of nitrogens with one attached hydrogen (secondary N) is 1. The van der Waals surface area contributed by atoms with Gasteiger partial charge in [-0.15, -0.1) is 0 Å². The van der Waals surface area contributed by atoms with Gasteiger partial charge >= 0.3 is 6.03 Å². The van der Waals surface area contributed by atoms with Crippen molar-refractivity contribution in [2.45, 2.75) is 27.1 Å². The molecule has 0 saturated carbocycles. The van der Waals surface area contributed by atoms with E-state index in [2.05, 4.69) is 5.32 Å². The van der Waals surface area contributed by atoms with Gasteiger partial charge in [0, 0.05) is 27.2 Å². The van der Waals surface area contributed by atoms with Gasteiger partial charge in [0.2, 0.25) is 0 Å². The molecule has 1 N–H and O–H groups in total. The Morgan fingerprint density at radius 2 is 1.55 bits per heavy atom. The second-order valence-corrected chi connectivity index (χ2v) is 10.9. The van der Waals surface area contributed by atoms with E-state index in [1.807, 2.05) is 32.0 Å². The molecular formula is C34H28Cl2N2O6. The van der Waals surface area contributed by atoms with Crippen molar-refractivity contribution in [3.05, 3.63) is 122 Å². The number of halogens is 2. The van der Waals surface area contributed by atoms with E-state index in [0.717, 1.165) is 21.6 Å². The van der Waals surface area contributed by atoms with E-state index in [9.17, 15) is 14.4 Å². The number of carbonyl (C=O) groups excluding carboxylic acids is 3. The fourth-order valence-electron chi connectivity index (χ4n) is 4.48. The summed E-state index contributed by atoms with van der Waals surface area (Å²) in [5.74, 6) is -0.163. The van der Waals surface area contributed by atoms with E-state index in [4.69, 9.17) is 37.4 Å². The highest BCUT2D eigenvalue weighted by Crippen LogP contribution is 2.31. The number of aryl methyl sites for hydroxylation is 2. The third-order valence-corrected chi connectivity index (χ3v) is 7.68. The van der Waals surface area contributed by atoms with Gasteiger partial charge in [-0.2, -0.15) is 0 Å². The molecule has 5 rings (SSSR count). The van der Waals surface area contributed by atoms with E-state index >= 15 is 0 Å². The van der Waals surface area contributed by atoms with Crippen LogP contribution < -0.4 is 24.4 Å². The van der Waals surface area contributed by atoms with Gasteiger partial charge in [0.15, 0.2) is 0 Å². The minimum Gasteiger partial charge on any atom is -0.497 e. The van der Waals surface area contributed by atoms with E-state index in [1.165, 1.54) is 18.7 Å². The summed E-state index contributed by atoms with van der Waals surface area (Å²) in [5.41, 5.74) is 4.50. The number of amides is 4. The predicted octanol–water partition coefficient (Wildman–Crippen LogP) is 7.44. The minimum absolute atomic E-state index is 0.190. The number of anilines is 1. The number of carbonyl (C=O) groups is 3. The van der Waals surface area contributed by atoms with Crippen molar-refractivity contribution in [2.75, 3.05) is 12.0 Å². The van der Waals surface area contributed by atoms with Crippen molar-refractivity contribution in [1.82, 2.24) is 5.32 Å². The molecule has 1 aliphatic heterocycles. The highest BCUT2D eigenvalue weighted by Gasteiger charge is 2.37. The number of nitrogens with zero attached hydrogens (tertiary/aromatic N) is 1. The van der Waals surface area contributed by atoms with E-state index in [0.29, 0.717) is 32.9 Å². The monoisotopic (exact) mass is 630 g/mol. The molecule has 4 aromatic carbocycles. The van der Waals surface area contributed by atoms with Gasteiger partial charge in [0.1, 0.15) is 36.0 Å². The molecule has 0 atom stereocenters. The van der Waals surface area contributed by atoms with Crippen LogP contribution in [-0.4, -0.2) is 25.0 Å². The molecule has 224 valence electrons. The van der Waals surface area contributed by atoms with Gasteiger partial charge < -0.3 is 14.2 Å². The van der Waals surface area contributed by atoms with E-state index < -0.39 is 17.8 Å². The molecule has 1 aliphatic rings. The van der Waals surface area contributed by atoms with Crippen LogP contribution in [0.15, 0.2) is 84.4 Å². The zero-order chi connectivity index (χ0) is 31.4. The zero-order valence-electron chi connectivity index (χ0n) is 24.1. The Morgan fingerprint density at radius 1 is 0.795 bits per heavy atom. The summed E-state index contributed by atoms with van der Waals surface area (Å²) in [5, 5.41) is 3.25. The quantitative estimate of drug-likeness (QED) is 0.152. The minimum atomic E-state index is -0.861. The molecule has 44 heavy (non-hydrogen) atoms. The molecule has 10 heteroatoms. The molecule has 1 saturated heterocycles. The lowest BCUT2D eigenvalue weighted by molar-refractivity contribution is -0.122. The lowest BCUT2D eigenvalue weighted by Crippen LogP contribution is -2.54. The molecule has 0 aromatic heterocycles. The molecule has 0 radical (unpaired) electrons. The third kappa shape index (κ3) is 6.88. The van der Waals surface area contributed by atoms with Crippen molar-refractivity contribution in [2.24, 2.45) is 0 Å². The third-order valence-electron chi connectivity index (χ3n) is 7.09. The first-order chi connectivity index (χ1) is 21.1. The topological polar surface area (TPSA) is 94.2 Å². The molecular weight excluding hydrogens is 603 g/mol. The summed E-state index contributed by atoms with van der Waals surface area (Å²) in [6, 6.07) is 21.7. The Bertz CT molecular complexity index is 1790. The second kappa shape index (κ2) is 13.2. The molecule has 0 unspecified atom stereocenters. The summed E-state index contributed by atoms with van der Waals surface area (Å²) in [4.78, 5) is 40.1. The van der Waals surface area contributed by atoms with Crippen LogP contribution in [0.3, 0.4) is 0 Å². The Morgan fingerprint density at radius 3 is 2.25 bits per heavy atom. The fourth-order valence-corrected chi connectivity index (χ4v) is 4.94. The van der Waals surface area contributed by atoms with Crippen LogP contribution in [0.5, 0.6) is 17.2 Å². The summed E-state index contributed by atoms with van der Waals surface area (Å²) >= 11 is 12.2. The van der Waals surface area contributed by atoms with Crippen LogP contribution in [0.1, 0.15) is 27.8 Å². The first-order valence-electron chi connectivity index (χ1n) is 13.6.